The van der Waals surface area contributed by atoms with Crippen molar-refractivity contribution >= 4 is 15.9 Å². The molecule has 2 rings (SSSR count). The average molecular weight is 354 g/mol. The van der Waals surface area contributed by atoms with E-state index in [1.165, 1.54) is 12.1 Å². The van der Waals surface area contributed by atoms with Gasteiger partial charge < -0.3 is 5.32 Å². The van der Waals surface area contributed by atoms with Gasteiger partial charge >= 0.3 is 0 Å². The largest absolute Gasteiger partial charge is 0.306 e. The van der Waals surface area contributed by atoms with E-state index in [4.69, 9.17) is 0 Å². The van der Waals surface area contributed by atoms with E-state index in [1.54, 1.807) is 0 Å². The van der Waals surface area contributed by atoms with Crippen molar-refractivity contribution in [1.82, 2.24) is 5.32 Å². The third-order valence-corrected chi connectivity index (χ3v) is 3.97. The number of hydrogen-bond donors (Lipinski definition) is 1. The first-order chi connectivity index (χ1) is 10.0. The van der Waals surface area contributed by atoms with Gasteiger partial charge in [0, 0.05) is 10.5 Å². The molecular formula is C17H18BrF2N. The number of rotatable bonds is 5. The molecule has 0 bridgehead atoms. The highest BCUT2D eigenvalue weighted by Crippen LogP contribution is 2.30. The third kappa shape index (κ3) is 4.11. The lowest BCUT2D eigenvalue weighted by Crippen LogP contribution is -2.24. The molecule has 0 aliphatic carbocycles. The summed E-state index contributed by atoms with van der Waals surface area (Å²) in [5.41, 5.74) is 2.69. The summed E-state index contributed by atoms with van der Waals surface area (Å²) in [5, 5.41) is 3.35. The molecule has 1 atom stereocenters. The summed E-state index contributed by atoms with van der Waals surface area (Å²) in [6.07, 6.45) is 0.942. The minimum Gasteiger partial charge on any atom is -0.306 e. The van der Waals surface area contributed by atoms with Gasteiger partial charge in [0.1, 0.15) is 11.6 Å². The smallest absolute Gasteiger partial charge is 0.126 e. The molecule has 0 aliphatic heterocycles. The number of nitrogens with one attached hydrogen (secondary N) is 1. The predicted octanol–water partition coefficient (Wildman–Crippen LogP) is 5.12. The molecule has 1 unspecified atom stereocenters. The Morgan fingerprint density at radius 3 is 2.33 bits per heavy atom. The van der Waals surface area contributed by atoms with Gasteiger partial charge in [-0.1, -0.05) is 35.0 Å². The summed E-state index contributed by atoms with van der Waals surface area (Å²) in [7, 11) is 0. The molecule has 0 saturated heterocycles. The van der Waals surface area contributed by atoms with E-state index in [2.05, 4.69) is 28.2 Å². The van der Waals surface area contributed by atoms with Gasteiger partial charge in [-0.05, 0) is 54.8 Å². The highest BCUT2D eigenvalue weighted by molar-refractivity contribution is 9.10. The van der Waals surface area contributed by atoms with E-state index in [9.17, 15) is 8.78 Å². The number of halogens is 3. The zero-order valence-corrected chi connectivity index (χ0v) is 13.7. The minimum atomic E-state index is -0.559. The SMILES string of the molecule is CCCNC(c1cc(F)cc(F)c1)c1ccc(C)cc1Br. The topological polar surface area (TPSA) is 12.0 Å². The molecule has 0 aliphatic rings. The Bertz CT molecular complexity index is 608. The zero-order chi connectivity index (χ0) is 15.4. The van der Waals surface area contributed by atoms with Crippen LogP contribution in [0, 0.1) is 18.6 Å². The van der Waals surface area contributed by atoms with Crippen molar-refractivity contribution in [3.8, 4) is 0 Å². The van der Waals surface area contributed by atoms with Crippen LogP contribution in [0.3, 0.4) is 0 Å². The third-order valence-electron chi connectivity index (χ3n) is 3.28. The van der Waals surface area contributed by atoms with Crippen LogP contribution < -0.4 is 5.32 Å². The molecule has 112 valence electrons. The second-order valence-electron chi connectivity index (χ2n) is 5.11. The fourth-order valence-electron chi connectivity index (χ4n) is 2.30. The quantitative estimate of drug-likeness (QED) is 0.785. The van der Waals surface area contributed by atoms with Crippen molar-refractivity contribution in [3.05, 3.63) is 69.2 Å². The van der Waals surface area contributed by atoms with Gasteiger partial charge in [-0.25, -0.2) is 8.78 Å². The van der Waals surface area contributed by atoms with Crippen LogP contribution >= 0.6 is 15.9 Å². The highest BCUT2D eigenvalue weighted by Gasteiger charge is 2.17. The van der Waals surface area contributed by atoms with Crippen LogP contribution in [0.2, 0.25) is 0 Å². The molecule has 0 radical (unpaired) electrons. The molecule has 1 N–H and O–H groups in total. The maximum absolute atomic E-state index is 13.5. The predicted molar refractivity (Wildman–Crippen MR) is 85.4 cm³/mol. The van der Waals surface area contributed by atoms with E-state index >= 15 is 0 Å². The van der Waals surface area contributed by atoms with Crippen LogP contribution in [-0.2, 0) is 0 Å². The van der Waals surface area contributed by atoms with E-state index < -0.39 is 11.6 Å². The molecule has 0 fully saturated rings. The Balaban J connectivity index is 2.46. The van der Waals surface area contributed by atoms with Gasteiger partial charge in [0.05, 0.1) is 6.04 Å². The van der Waals surface area contributed by atoms with E-state index in [0.29, 0.717) is 5.56 Å². The zero-order valence-electron chi connectivity index (χ0n) is 12.1. The lowest BCUT2D eigenvalue weighted by molar-refractivity contribution is 0.558. The molecule has 0 amide bonds. The van der Waals surface area contributed by atoms with E-state index in [-0.39, 0.29) is 6.04 Å². The normalized spacial score (nSPS) is 12.4. The fourth-order valence-corrected chi connectivity index (χ4v) is 3.03. The molecule has 4 heteroatoms. The maximum atomic E-state index is 13.5. The number of aryl methyl sites for hydroxylation is 1. The van der Waals surface area contributed by atoms with E-state index in [1.807, 2.05) is 25.1 Å². The maximum Gasteiger partial charge on any atom is 0.126 e. The van der Waals surface area contributed by atoms with Crippen molar-refractivity contribution in [3.63, 3.8) is 0 Å². The van der Waals surface area contributed by atoms with Crippen LogP contribution in [0.1, 0.15) is 36.1 Å². The Morgan fingerprint density at radius 1 is 1.10 bits per heavy atom. The van der Waals surface area contributed by atoms with Crippen LogP contribution in [0.15, 0.2) is 40.9 Å². The van der Waals surface area contributed by atoms with Crippen LogP contribution in [-0.4, -0.2) is 6.54 Å². The summed E-state index contributed by atoms with van der Waals surface area (Å²) in [4.78, 5) is 0. The van der Waals surface area contributed by atoms with Crippen molar-refractivity contribution in [2.45, 2.75) is 26.3 Å². The number of benzene rings is 2. The number of hydrogen-bond acceptors (Lipinski definition) is 1. The summed E-state index contributed by atoms with van der Waals surface area (Å²) in [6.45, 7) is 4.83. The van der Waals surface area contributed by atoms with Gasteiger partial charge in [0.2, 0.25) is 0 Å². The van der Waals surface area contributed by atoms with E-state index in [0.717, 1.165) is 34.6 Å². The standard InChI is InChI=1S/C17H18BrF2N/c1-3-6-21-17(12-8-13(19)10-14(20)9-12)15-5-4-11(2)7-16(15)18/h4-5,7-10,17,21H,3,6H2,1-2H3. The van der Waals surface area contributed by atoms with Crippen molar-refractivity contribution in [2.24, 2.45) is 0 Å². The van der Waals surface area contributed by atoms with Gasteiger partial charge in [0.15, 0.2) is 0 Å². The first kappa shape index (κ1) is 16.1. The summed E-state index contributed by atoms with van der Waals surface area (Å²) in [6, 6.07) is 9.39. The average Bonchev–Trinajstić information content (AvgIpc) is 2.40. The first-order valence-corrected chi connectivity index (χ1v) is 7.76. The molecule has 1 nitrogen and oxygen atoms in total. The molecule has 2 aromatic carbocycles. The molecular weight excluding hydrogens is 336 g/mol. The molecule has 0 saturated carbocycles. The molecule has 21 heavy (non-hydrogen) atoms. The lowest BCUT2D eigenvalue weighted by Gasteiger charge is -2.21. The van der Waals surface area contributed by atoms with Gasteiger partial charge in [-0.3, -0.25) is 0 Å². The van der Waals surface area contributed by atoms with Crippen molar-refractivity contribution in [1.29, 1.82) is 0 Å². The monoisotopic (exact) mass is 353 g/mol. The van der Waals surface area contributed by atoms with Crippen LogP contribution in [0.4, 0.5) is 8.78 Å². The molecule has 0 aromatic heterocycles. The Kier molecular flexibility index (Phi) is 5.48. The first-order valence-electron chi connectivity index (χ1n) is 6.96. The van der Waals surface area contributed by atoms with Crippen LogP contribution in [0.5, 0.6) is 0 Å². The second kappa shape index (κ2) is 7.14. The van der Waals surface area contributed by atoms with Crippen molar-refractivity contribution < 1.29 is 8.78 Å². The molecule has 0 spiro atoms. The van der Waals surface area contributed by atoms with Gasteiger partial charge in [0.25, 0.3) is 0 Å². The second-order valence-corrected chi connectivity index (χ2v) is 5.97. The fraction of sp³-hybridized carbons (Fsp3) is 0.294. The van der Waals surface area contributed by atoms with Crippen molar-refractivity contribution in [2.75, 3.05) is 6.54 Å². The highest BCUT2D eigenvalue weighted by atomic mass is 79.9. The minimum absolute atomic E-state index is 0.245. The molecule has 2 aromatic rings. The Labute approximate surface area is 132 Å². The molecule has 0 heterocycles. The lowest BCUT2D eigenvalue weighted by atomic mass is 9.97. The summed E-state index contributed by atoms with van der Waals surface area (Å²) in [5.74, 6) is -1.12. The van der Waals surface area contributed by atoms with Gasteiger partial charge in [-0.15, -0.1) is 0 Å². The van der Waals surface area contributed by atoms with Gasteiger partial charge in [-0.2, -0.15) is 0 Å². The Hall–Kier alpha value is -1.26. The Morgan fingerprint density at radius 2 is 1.76 bits per heavy atom. The van der Waals surface area contributed by atoms with Crippen LogP contribution in [0.25, 0.3) is 0 Å². The summed E-state index contributed by atoms with van der Waals surface area (Å²) < 4.78 is 28.0. The summed E-state index contributed by atoms with van der Waals surface area (Å²) >= 11 is 3.55.